The molecule has 28 heteroatoms. The van der Waals surface area contributed by atoms with Crippen molar-refractivity contribution in [2.45, 2.75) is 380 Å². The van der Waals surface area contributed by atoms with Gasteiger partial charge in [0.05, 0.1) is 50.8 Å². The van der Waals surface area contributed by atoms with Gasteiger partial charge in [0, 0.05) is 13.3 Å². The van der Waals surface area contributed by atoms with Crippen LogP contribution in [0.1, 0.15) is 214 Å². The second kappa shape index (κ2) is 45.6. The molecule has 5 fully saturated rings. The first-order valence-electron chi connectivity index (χ1n) is 36.2. The molecule has 0 aromatic heterocycles. The van der Waals surface area contributed by atoms with E-state index in [4.69, 9.17) is 47.4 Å². The number of hydrogen-bond acceptors (Lipinski definition) is 26. The van der Waals surface area contributed by atoms with Gasteiger partial charge < -0.3 is 129 Å². The monoisotopic (exact) mass is 1380 g/mol. The molecule has 0 spiro atoms. The first-order valence-corrected chi connectivity index (χ1v) is 36.2. The highest BCUT2D eigenvalue weighted by Crippen LogP contribution is 2.37. The number of aliphatic hydroxyl groups excluding tert-OH is 14. The lowest BCUT2D eigenvalue weighted by molar-refractivity contribution is -0.391. The summed E-state index contributed by atoms with van der Waals surface area (Å²) in [7, 11) is 0. The molecule has 0 aromatic carbocycles. The summed E-state index contributed by atoms with van der Waals surface area (Å²) < 4.78 is 60.0. The van der Waals surface area contributed by atoms with Crippen LogP contribution in [0.25, 0.3) is 0 Å². The van der Waals surface area contributed by atoms with Crippen molar-refractivity contribution in [2.75, 3.05) is 26.4 Å². The molecule has 5 aliphatic heterocycles. The number of allylic oxidation sites excluding steroid dienone is 1. The Morgan fingerprint density at radius 2 is 0.823 bits per heavy atom. The number of carbonyl (C=O) groups is 2. The Morgan fingerprint density at radius 1 is 0.427 bits per heavy atom. The standard InChI is InChI=1S/C68H124N2O26/c1-6-8-10-12-14-16-18-20-21-23-25-27-29-31-33-35-48(76)70-43(44(75)34-32-30-28-26-24-22-19-17-15-13-11-9-7-2)39-87-65-58(85)55(82)60(46(37-72)92-65)93-68-59(86)63(52(79)45(36-71)90-68)96-64-49(69-42(5)74)62(95-67-57(84)54(81)51(78)41(4)89-67)61(47(38-73)91-64)94-66-56(83)53(80)50(77)40(3)88-66/h32,34,40-41,43-47,49-68,71-73,75,77-86H,6-31,33,35-39H2,1-5H3,(H,69,74)(H,70,76)/b34-32+/t40-,41+,43+,44-,45-,46-,47-,49-,50+,51-,52+,53+,54-,55-,56-,57+,58-,59-,60-,61-,62-,63+,64+,65-,66+,67+,68+/m1/s1. The summed E-state index contributed by atoms with van der Waals surface area (Å²) in [6.45, 7) is 4.95. The van der Waals surface area contributed by atoms with Crippen LogP contribution >= 0.6 is 0 Å². The zero-order chi connectivity index (χ0) is 70.3. The van der Waals surface area contributed by atoms with Crippen LogP contribution in [0.2, 0.25) is 0 Å². The molecule has 562 valence electrons. The Kier molecular flexibility index (Phi) is 40.1. The summed E-state index contributed by atoms with van der Waals surface area (Å²) in [6, 6.07) is -2.77. The minimum atomic E-state index is -2.16. The SMILES string of the molecule is CCCCCCCCCCCCC/C=C/[C@@H](O)[C@H](CO[C@@H]1O[C@H](CO)[C@@H](O[C@@H]2O[C@H](CO)[C@H](O)[C@H](O[C@@H]3O[C@H](CO)[C@@H](O[C@@H]4O[C@H](C)[C@H](O)[C@H](O)[C@H]4O)[C@H](O[C@@H]4O[C@@H](C)[C@@H](O)[C@@H](O)[C@@H]4O)[C@H]3NC(C)=O)[C@H]2O)[C@H](O)[C@H]1O)NC(=O)CCCCCCCCCCCCCCCCC. The van der Waals surface area contributed by atoms with Gasteiger partial charge in [-0.3, -0.25) is 9.59 Å². The predicted molar refractivity (Wildman–Crippen MR) is 347 cm³/mol. The Labute approximate surface area is 567 Å². The van der Waals surface area contributed by atoms with E-state index in [9.17, 15) is 81.1 Å². The van der Waals surface area contributed by atoms with E-state index in [1.165, 1.54) is 129 Å². The van der Waals surface area contributed by atoms with Gasteiger partial charge in [-0.25, -0.2) is 0 Å². The smallest absolute Gasteiger partial charge is 0.220 e. The number of nitrogens with one attached hydrogen (secondary N) is 2. The van der Waals surface area contributed by atoms with Gasteiger partial charge in [-0.15, -0.1) is 0 Å². The summed E-state index contributed by atoms with van der Waals surface area (Å²) in [4.78, 5) is 26.6. The molecule has 0 saturated carbocycles. The quantitative estimate of drug-likeness (QED) is 0.0304. The van der Waals surface area contributed by atoms with E-state index in [-0.39, 0.29) is 12.3 Å². The number of rotatable bonds is 46. The molecular weight excluding hydrogens is 1260 g/mol. The molecular formula is C68H124N2O26. The van der Waals surface area contributed by atoms with Crippen molar-refractivity contribution in [3.63, 3.8) is 0 Å². The summed E-state index contributed by atoms with van der Waals surface area (Å²) in [5, 5.41) is 161. The number of ether oxygens (including phenoxy) is 10. The van der Waals surface area contributed by atoms with Gasteiger partial charge in [-0.1, -0.05) is 180 Å². The molecule has 0 unspecified atom stereocenters. The number of carbonyl (C=O) groups excluding carboxylic acids is 2. The third kappa shape index (κ3) is 26.5. The van der Waals surface area contributed by atoms with Crippen LogP contribution in [0.15, 0.2) is 12.2 Å². The molecule has 28 nitrogen and oxygen atoms in total. The molecule has 27 atom stereocenters. The fraction of sp³-hybridized carbons (Fsp3) is 0.941. The zero-order valence-electron chi connectivity index (χ0n) is 57.5. The van der Waals surface area contributed by atoms with E-state index in [1.54, 1.807) is 6.08 Å². The first-order chi connectivity index (χ1) is 46.1. The molecule has 0 aromatic rings. The molecule has 5 aliphatic rings. The van der Waals surface area contributed by atoms with E-state index in [2.05, 4.69) is 24.5 Å². The average molecular weight is 1390 g/mol. The molecule has 0 bridgehead atoms. The van der Waals surface area contributed by atoms with Crippen LogP contribution in [0.3, 0.4) is 0 Å². The summed E-state index contributed by atoms with van der Waals surface area (Å²) in [5.41, 5.74) is 0. The van der Waals surface area contributed by atoms with Crippen molar-refractivity contribution in [3.8, 4) is 0 Å². The third-order valence-electron chi connectivity index (χ3n) is 19.1. The Bertz CT molecular complexity index is 2110. The Hall–Kier alpha value is -2.28. The summed E-state index contributed by atoms with van der Waals surface area (Å²) in [5.74, 6) is -1.13. The lowest BCUT2D eigenvalue weighted by Gasteiger charge is -2.51. The van der Waals surface area contributed by atoms with Gasteiger partial charge in [0.15, 0.2) is 31.5 Å². The lowest BCUT2D eigenvalue weighted by Crippen LogP contribution is -2.71. The van der Waals surface area contributed by atoms with Crippen LogP contribution in [0.4, 0.5) is 0 Å². The van der Waals surface area contributed by atoms with E-state index in [1.807, 2.05) is 6.08 Å². The van der Waals surface area contributed by atoms with Crippen LogP contribution in [-0.4, -0.2) is 275 Å². The van der Waals surface area contributed by atoms with Crippen LogP contribution < -0.4 is 10.6 Å². The van der Waals surface area contributed by atoms with Gasteiger partial charge in [0.25, 0.3) is 0 Å². The summed E-state index contributed by atoms with van der Waals surface area (Å²) in [6.07, 6.45) is -8.98. The normalized spacial score (nSPS) is 36.6. The molecule has 2 amide bonds. The summed E-state index contributed by atoms with van der Waals surface area (Å²) >= 11 is 0. The van der Waals surface area contributed by atoms with Crippen molar-refractivity contribution >= 4 is 11.8 Å². The number of unbranched alkanes of at least 4 members (excludes halogenated alkanes) is 25. The van der Waals surface area contributed by atoms with Crippen molar-refractivity contribution in [3.05, 3.63) is 12.2 Å². The van der Waals surface area contributed by atoms with Crippen molar-refractivity contribution < 1.29 is 128 Å². The second-order valence-corrected chi connectivity index (χ2v) is 27.1. The van der Waals surface area contributed by atoms with Gasteiger partial charge in [-0.2, -0.15) is 0 Å². The molecule has 5 heterocycles. The lowest BCUT2D eigenvalue weighted by atomic mass is 9.93. The zero-order valence-corrected chi connectivity index (χ0v) is 57.5. The maximum absolute atomic E-state index is 13.5. The van der Waals surface area contributed by atoms with E-state index in [0.717, 1.165) is 51.9 Å². The fourth-order valence-electron chi connectivity index (χ4n) is 13.1. The topological polar surface area (TPSA) is 434 Å². The number of amides is 2. The molecule has 96 heavy (non-hydrogen) atoms. The predicted octanol–water partition coefficient (Wildman–Crippen LogP) is 1.66. The van der Waals surface area contributed by atoms with Gasteiger partial charge in [0.2, 0.25) is 11.8 Å². The van der Waals surface area contributed by atoms with E-state index in [0.29, 0.717) is 12.8 Å². The number of aliphatic hydroxyl groups is 14. The second-order valence-electron chi connectivity index (χ2n) is 27.1. The Morgan fingerprint density at radius 3 is 1.30 bits per heavy atom. The van der Waals surface area contributed by atoms with Crippen LogP contribution in [-0.2, 0) is 57.0 Å². The molecule has 0 aliphatic carbocycles. The average Bonchev–Trinajstić information content (AvgIpc) is 0.768. The van der Waals surface area contributed by atoms with Crippen LogP contribution in [0.5, 0.6) is 0 Å². The fourth-order valence-corrected chi connectivity index (χ4v) is 13.1. The highest BCUT2D eigenvalue weighted by Gasteiger charge is 2.58. The largest absolute Gasteiger partial charge is 0.394 e. The maximum atomic E-state index is 13.5. The first kappa shape index (κ1) is 84.4. The van der Waals surface area contributed by atoms with Crippen molar-refractivity contribution in [1.29, 1.82) is 0 Å². The van der Waals surface area contributed by atoms with Gasteiger partial charge in [-0.05, 0) is 33.1 Å². The van der Waals surface area contributed by atoms with Crippen LogP contribution in [0, 0.1) is 0 Å². The molecule has 5 rings (SSSR count). The molecule has 5 saturated heterocycles. The molecule has 0 radical (unpaired) electrons. The highest BCUT2D eigenvalue weighted by molar-refractivity contribution is 5.76. The van der Waals surface area contributed by atoms with E-state index >= 15 is 0 Å². The number of hydrogen-bond donors (Lipinski definition) is 16. The van der Waals surface area contributed by atoms with E-state index < -0.39 is 198 Å². The van der Waals surface area contributed by atoms with Gasteiger partial charge >= 0.3 is 0 Å². The minimum Gasteiger partial charge on any atom is -0.394 e. The van der Waals surface area contributed by atoms with Crippen molar-refractivity contribution in [1.82, 2.24) is 10.6 Å². The van der Waals surface area contributed by atoms with Crippen molar-refractivity contribution in [2.24, 2.45) is 0 Å². The maximum Gasteiger partial charge on any atom is 0.220 e. The molecule has 16 N–H and O–H groups in total. The van der Waals surface area contributed by atoms with Gasteiger partial charge in [0.1, 0.15) is 110 Å². The minimum absolute atomic E-state index is 0.197. The third-order valence-corrected chi connectivity index (χ3v) is 19.1. The Balaban J connectivity index is 1.26. The highest BCUT2D eigenvalue weighted by atomic mass is 16.8.